The summed E-state index contributed by atoms with van der Waals surface area (Å²) >= 11 is 0. The zero-order valence-electron chi connectivity index (χ0n) is 31.3. The van der Waals surface area contributed by atoms with Gasteiger partial charge in [0.05, 0.1) is 42.2 Å². The molecule has 4 aromatic rings. The Kier molecular flexibility index (Phi) is 14.0. The van der Waals surface area contributed by atoms with Crippen molar-refractivity contribution in [3.05, 3.63) is 82.7 Å². The number of nitrogens with zero attached hydrogens (tertiary/aromatic N) is 5. The minimum atomic E-state index is -2.98. The molecule has 2 aliphatic rings. The molecule has 0 radical (unpaired) electrons. The summed E-state index contributed by atoms with van der Waals surface area (Å²) in [5.41, 5.74) is 12.2. The van der Waals surface area contributed by atoms with Crippen LogP contribution in [0.3, 0.4) is 0 Å². The largest absolute Gasteiger partial charge is 0.496 e. The number of ketones is 2. The van der Waals surface area contributed by atoms with E-state index in [9.17, 15) is 26.8 Å². The Bertz CT molecular complexity index is 2130. The van der Waals surface area contributed by atoms with Crippen LogP contribution in [-0.4, -0.2) is 116 Å². The second kappa shape index (κ2) is 18.9. The highest BCUT2D eigenvalue weighted by molar-refractivity contribution is 7.90. The van der Waals surface area contributed by atoms with Crippen LogP contribution in [0.2, 0.25) is 0 Å². The highest BCUT2D eigenvalue weighted by Crippen LogP contribution is 2.26. The van der Waals surface area contributed by atoms with Gasteiger partial charge < -0.3 is 41.8 Å². The van der Waals surface area contributed by atoms with Crippen LogP contribution in [-0.2, 0) is 9.84 Å². The van der Waals surface area contributed by atoms with Crippen molar-refractivity contribution in [2.75, 3.05) is 81.1 Å². The van der Waals surface area contributed by atoms with Crippen molar-refractivity contribution in [3.8, 4) is 11.5 Å². The maximum atomic E-state index is 13.6. The van der Waals surface area contributed by atoms with Crippen LogP contribution < -0.4 is 36.9 Å². The number of hydrogen-bond acceptors (Lipinski definition) is 16. The summed E-state index contributed by atoms with van der Waals surface area (Å²) in [7, 11) is -0.171. The highest BCUT2D eigenvalue weighted by atomic mass is 32.2. The van der Waals surface area contributed by atoms with Crippen LogP contribution >= 0.6 is 0 Å². The Hall–Kier alpha value is -5.53. The number of halogens is 2. The molecule has 2 aromatic carbocycles. The fraction of sp³-hybridized carbons (Fsp3) is 0.405. The van der Waals surface area contributed by atoms with Gasteiger partial charge in [-0.1, -0.05) is 0 Å². The van der Waals surface area contributed by atoms with E-state index in [1.54, 1.807) is 0 Å². The molecular formula is C37H46F2N10O6S. The van der Waals surface area contributed by atoms with Crippen LogP contribution in [0.4, 0.5) is 32.3 Å². The second-order valence-corrected chi connectivity index (χ2v) is 15.7. The number of benzene rings is 2. The van der Waals surface area contributed by atoms with E-state index in [1.165, 1.54) is 57.1 Å². The van der Waals surface area contributed by atoms with Crippen molar-refractivity contribution >= 4 is 44.9 Å². The number of carbonyl (C=O) groups excluding carboxylic acids is 2. The smallest absolute Gasteiger partial charge is 0.224 e. The minimum Gasteiger partial charge on any atom is -0.496 e. The first-order valence-electron chi connectivity index (χ1n) is 17.9. The molecule has 0 amide bonds. The lowest BCUT2D eigenvalue weighted by Gasteiger charge is -2.32. The first-order valence-corrected chi connectivity index (χ1v) is 20.0. The number of hydrogen-bond donors (Lipinski definition) is 5. The monoisotopic (exact) mass is 796 g/mol. The van der Waals surface area contributed by atoms with Gasteiger partial charge in [0, 0.05) is 50.4 Å². The number of nitrogen functional groups attached to an aromatic ring is 2. The highest BCUT2D eigenvalue weighted by Gasteiger charge is 2.24. The number of sulfone groups is 1. The first kappa shape index (κ1) is 41.6. The molecule has 0 saturated carbocycles. The number of nitrogens with one attached hydrogen (secondary N) is 3. The van der Waals surface area contributed by atoms with E-state index in [0.29, 0.717) is 18.4 Å². The Balaban J connectivity index is 0.000000219. The van der Waals surface area contributed by atoms with Crippen molar-refractivity contribution in [3.63, 3.8) is 0 Å². The average molecular weight is 797 g/mol. The zero-order chi connectivity index (χ0) is 40.4. The molecule has 2 aromatic heterocycles. The predicted octanol–water partition coefficient (Wildman–Crippen LogP) is 2.96. The molecular weight excluding hydrogens is 751 g/mol. The van der Waals surface area contributed by atoms with Gasteiger partial charge >= 0.3 is 0 Å². The molecule has 0 aliphatic carbocycles. The predicted molar refractivity (Wildman–Crippen MR) is 208 cm³/mol. The molecule has 0 unspecified atom stereocenters. The van der Waals surface area contributed by atoms with Crippen LogP contribution in [0.5, 0.6) is 11.5 Å². The molecule has 0 spiro atoms. The van der Waals surface area contributed by atoms with Gasteiger partial charge in [0.2, 0.25) is 23.5 Å². The van der Waals surface area contributed by atoms with Crippen LogP contribution in [0.1, 0.15) is 57.5 Å². The quantitative estimate of drug-likeness (QED) is 0.123. The molecule has 7 N–H and O–H groups in total. The molecule has 2 saturated heterocycles. The SMILES string of the molecule is COc1ccc(F)cc1C(=O)c1cnc(NC2CCN(CCS(C)(=O)=O)CC2)nc1N.COc1ccc(F)cc1C(=O)c1cnc(NC2CCNCC2)nc1N. The number of aromatic nitrogens is 4. The first-order chi connectivity index (χ1) is 26.7. The zero-order valence-corrected chi connectivity index (χ0v) is 32.2. The summed E-state index contributed by atoms with van der Waals surface area (Å²) in [4.78, 5) is 44.3. The Morgan fingerprint density at radius 1 is 0.786 bits per heavy atom. The summed E-state index contributed by atoms with van der Waals surface area (Å²) in [5, 5.41) is 9.71. The number of rotatable bonds is 13. The van der Waals surface area contributed by atoms with Crippen LogP contribution in [0.15, 0.2) is 48.8 Å². The van der Waals surface area contributed by atoms with E-state index in [0.717, 1.165) is 64.0 Å². The molecule has 0 bridgehead atoms. The van der Waals surface area contributed by atoms with Crippen molar-refractivity contribution in [1.29, 1.82) is 0 Å². The summed E-state index contributed by atoms with van der Waals surface area (Å²) in [6.07, 6.45) is 7.44. The summed E-state index contributed by atoms with van der Waals surface area (Å²) in [6, 6.07) is 7.77. The van der Waals surface area contributed by atoms with Gasteiger partial charge in [0.1, 0.15) is 44.6 Å². The van der Waals surface area contributed by atoms with Crippen molar-refractivity contribution in [2.24, 2.45) is 0 Å². The van der Waals surface area contributed by atoms with Gasteiger partial charge in [-0.25, -0.2) is 27.2 Å². The third-order valence-corrected chi connectivity index (χ3v) is 10.2. The lowest BCUT2D eigenvalue weighted by molar-refractivity contribution is 0.102. The van der Waals surface area contributed by atoms with E-state index < -0.39 is 33.0 Å². The molecule has 0 atom stereocenters. The number of likely N-dealkylation sites (tertiary alicyclic amines) is 1. The van der Waals surface area contributed by atoms with E-state index >= 15 is 0 Å². The maximum Gasteiger partial charge on any atom is 0.224 e. The topological polar surface area (TPSA) is 230 Å². The number of piperidine rings is 2. The summed E-state index contributed by atoms with van der Waals surface area (Å²) < 4.78 is 60.0. The average Bonchev–Trinajstić information content (AvgIpc) is 3.17. The molecule has 19 heteroatoms. The standard InChI is InChI=1S/C20H26FN5O4S.C17H20FN5O2/c1-30-17-4-3-13(21)11-15(17)18(27)16-12-23-20(25-19(16)22)24-14-5-7-26(8-6-14)9-10-31(2,28)29;1-25-14-3-2-10(18)8-12(14)15(24)13-9-21-17(23-16(13)19)22-11-4-6-20-7-5-11/h3-4,11-12,14H,5-10H2,1-2H3,(H3,22,23,24,25);2-3,8-9,11,20H,4-7H2,1H3,(H3,19,21,22,23). The summed E-state index contributed by atoms with van der Waals surface area (Å²) in [6.45, 7) is 3.92. The molecule has 300 valence electrons. The second-order valence-electron chi connectivity index (χ2n) is 13.4. The van der Waals surface area contributed by atoms with Gasteiger partial charge in [0.15, 0.2) is 0 Å². The molecule has 6 rings (SSSR count). The van der Waals surface area contributed by atoms with E-state index in [-0.39, 0.29) is 63.2 Å². The normalized spacial score (nSPS) is 15.3. The molecule has 56 heavy (non-hydrogen) atoms. The van der Waals surface area contributed by atoms with Crippen LogP contribution in [0.25, 0.3) is 0 Å². The van der Waals surface area contributed by atoms with Gasteiger partial charge in [-0.3, -0.25) is 9.59 Å². The van der Waals surface area contributed by atoms with E-state index in [2.05, 4.69) is 40.8 Å². The third kappa shape index (κ3) is 11.3. The number of nitrogens with two attached hydrogens (primary N) is 2. The lowest BCUT2D eigenvalue weighted by Crippen LogP contribution is -2.41. The third-order valence-electron chi connectivity index (χ3n) is 9.31. The van der Waals surface area contributed by atoms with Gasteiger partial charge in [-0.2, -0.15) is 9.97 Å². The fourth-order valence-electron chi connectivity index (χ4n) is 6.21. The molecule has 2 aliphatic heterocycles. The number of methoxy groups -OCH3 is 2. The van der Waals surface area contributed by atoms with Gasteiger partial charge in [-0.15, -0.1) is 0 Å². The van der Waals surface area contributed by atoms with Gasteiger partial charge in [0.25, 0.3) is 0 Å². The molecule has 4 heterocycles. The summed E-state index contributed by atoms with van der Waals surface area (Å²) in [5.74, 6) is -0.752. The molecule has 2 fully saturated rings. The molecule has 16 nitrogen and oxygen atoms in total. The van der Waals surface area contributed by atoms with Crippen molar-refractivity contribution in [1.82, 2.24) is 30.2 Å². The van der Waals surface area contributed by atoms with Crippen molar-refractivity contribution < 1.29 is 36.3 Å². The Morgan fingerprint density at radius 2 is 1.23 bits per heavy atom. The maximum absolute atomic E-state index is 13.6. The number of anilines is 4. The fourth-order valence-corrected chi connectivity index (χ4v) is 6.80. The lowest BCUT2D eigenvalue weighted by atomic mass is 10.0. The van der Waals surface area contributed by atoms with Crippen molar-refractivity contribution in [2.45, 2.75) is 37.8 Å². The van der Waals surface area contributed by atoms with Gasteiger partial charge in [-0.05, 0) is 75.2 Å². The number of carbonyl (C=O) groups is 2. The van der Waals surface area contributed by atoms with Crippen LogP contribution in [0, 0.1) is 11.6 Å². The Morgan fingerprint density at radius 3 is 1.64 bits per heavy atom. The van der Waals surface area contributed by atoms with E-state index in [1.807, 2.05) is 0 Å². The van der Waals surface area contributed by atoms with E-state index in [4.69, 9.17) is 20.9 Å². The minimum absolute atomic E-state index is 0.0144. The Labute approximate surface area is 323 Å². The number of ether oxygens (including phenoxy) is 2.